The Hall–Kier alpha value is -2.18. The summed E-state index contributed by atoms with van der Waals surface area (Å²) >= 11 is 0. The van der Waals surface area contributed by atoms with Gasteiger partial charge in [0.2, 0.25) is 0 Å². The fraction of sp³-hybridized carbons (Fsp3) is 0.545. The van der Waals surface area contributed by atoms with Crippen molar-refractivity contribution in [1.29, 1.82) is 0 Å². The van der Waals surface area contributed by atoms with Crippen LogP contribution in [0.4, 0.5) is 5.82 Å². The van der Waals surface area contributed by atoms with E-state index in [-0.39, 0.29) is 5.91 Å². The molecule has 28 heavy (non-hydrogen) atoms. The molecule has 6 nitrogen and oxygen atoms in total. The minimum absolute atomic E-state index is 0.0298. The number of amides is 1. The monoisotopic (exact) mass is 380 g/mol. The van der Waals surface area contributed by atoms with E-state index in [1.807, 2.05) is 30.3 Å². The number of piperazine rings is 1. The fourth-order valence-electron chi connectivity index (χ4n) is 4.25. The number of rotatable bonds is 5. The minimum Gasteiger partial charge on any atom is -0.381 e. The van der Waals surface area contributed by atoms with E-state index >= 15 is 0 Å². The first-order valence-electron chi connectivity index (χ1n) is 10.5. The number of carbonyl (C=O) groups excluding carboxylic acids is 1. The summed E-state index contributed by atoms with van der Waals surface area (Å²) in [6.07, 6.45) is 3.37. The summed E-state index contributed by atoms with van der Waals surface area (Å²) in [6, 6.07) is 10.3. The Labute approximate surface area is 165 Å². The molecule has 0 spiro atoms. The second kappa shape index (κ2) is 7.68. The van der Waals surface area contributed by atoms with Gasteiger partial charge in [-0.1, -0.05) is 18.2 Å². The van der Waals surface area contributed by atoms with Gasteiger partial charge in [0.25, 0.3) is 5.91 Å². The maximum Gasteiger partial charge on any atom is 0.252 e. The van der Waals surface area contributed by atoms with Gasteiger partial charge >= 0.3 is 0 Å². The van der Waals surface area contributed by atoms with Crippen molar-refractivity contribution < 1.29 is 9.53 Å². The number of hydrogen-bond acceptors (Lipinski definition) is 5. The first kappa shape index (κ1) is 17.9. The molecular weight excluding hydrogens is 352 g/mol. The number of benzene rings is 1. The number of pyridine rings is 1. The molecule has 1 saturated carbocycles. The SMILES string of the molecule is O=C(NC1CC1)c1cc(N2CCN(CC3CCOC3)CC2)nc2ccccc12. The Morgan fingerprint density at radius 1 is 1.14 bits per heavy atom. The average Bonchev–Trinajstić information content (AvgIpc) is 3.39. The van der Waals surface area contributed by atoms with Gasteiger partial charge in [-0.3, -0.25) is 9.69 Å². The van der Waals surface area contributed by atoms with Gasteiger partial charge in [-0.05, 0) is 37.3 Å². The highest BCUT2D eigenvalue weighted by atomic mass is 16.5. The molecule has 148 valence electrons. The number of nitrogens with zero attached hydrogens (tertiary/aromatic N) is 3. The van der Waals surface area contributed by atoms with Crippen molar-refractivity contribution in [1.82, 2.24) is 15.2 Å². The lowest BCUT2D eigenvalue weighted by Gasteiger charge is -2.36. The van der Waals surface area contributed by atoms with Crippen LogP contribution in [0.5, 0.6) is 0 Å². The summed E-state index contributed by atoms with van der Waals surface area (Å²) in [5.74, 6) is 1.63. The van der Waals surface area contributed by atoms with Crippen molar-refractivity contribution in [2.75, 3.05) is 50.8 Å². The zero-order chi connectivity index (χ0) is 18.9. The maximum atomic E-state index is 12.8. The van der Waals surface area contributed by atoms with E-state index in [9.17, 15) is 4.79 Å². The Morgan fingerprint density at radius 2 is 1.96 bits per heavy atom. The molecule has 1 unspecified atom stereocenters. The molecule has 1 N–H and O–H groups in total. The fourth-order valence-corrected chi connectivity index (χ4v) is 4.25. The highest BCUT2D eigenvalue weighted by Gasteiger charge is 2.27. The lowest BCUT2D eigenvalue weighted by Crippen LogP contribution is -2.48. The quantitative estimate of drug-likeness (QED) is 0.863. The third kappa shape index (κ3) is 3.84. The number of para-hydroxylation sites is 1. The van der Waals surface area contributed by atoms with Gasteiger partial charge < -0.3 is 15.0 Å². The summed E-state index contributed by atoms with van der Waals surface area (Å²) in [4.78, 5) is 22.5. The summed E-state index contributed by atoms with van der Waals surface area (Å²) < 4.78 is 5.51. The highest BCUT2D eigenvalue weighted by molar-refractivity contribution is 6.07. The van der Waals surface area contributed by atoms with Crippen LogP contribution in [-0.2, 0) is 4.74 Å². The third-order valence-corrected chi connectivity index (χ3v) is 6.10. The molecule has 1 amide bonds. The van der Waals surface area contributed by atoms with Crippen LogP contribution >= 0.6 is 0 Å². The normalized spacial score (nSPS) is 23.3. The number of ether oxygens (including phenoxy) is 1. The van der Waals surface area contributed by atoms with E-state index < -0.39 is 0 Å². The minimum atomic E-state index is 0.0298. The number of nitrogens with one attached hydrogen (secondary N) is 1. The molecule has 5 rings (SSSR count). The molecule has 0 bridgehead atoms. The van der Waals surface area contributed by atoms with Gasteiger partial charge in [-0.25, -0.2) is 4.98 Å². The van der Waals surface area contributed by atoms with Gasteiger partial charge in [-0.2, -0.15) is 0 Å². The van der Waals surface area contributed by atoms with Gasteiger partial charge in [0.05, 0.1) is 17.7 Å². The van der Waals surface area contributed by atoms with Crippen molar-refractivity contribution in [3.8, 4) is 0 Å². The average molecular weight is 380 g/mol. The number of hydrogen-bond donors (Lipinski definition) is 1. The molecule has 2 aromatic rings. The van der Waals surface area contributed by atoms with Crippen molar-refractivity contribution in [3.05, 3.63) is 35.9 Å². The van der Waals surface area contributed by atoms with E-state index in [0.717, 1.165) is 81.1 Å². The summed E-state index contributed by atoms with van der Waals surface area (Å²) in [7, 11) is 0. The Morgan fingerprint density at radius 3 is 2.71 bits per heavy atom. The van der Waals surface area contributed by atoms with Crippen LogP contribution < -0.4 is 10.2 Å². The molecular formula is C22H28N4O2. The van der Waals surface area contributed by atoms with Crippen LogP contribution in [0.3, 0.4) is 0 Å². The molecule has 1 aliphatic carbocycles. The zero-order valence-electron chi connectivity index (χ0n) is 16.3. The smallest absolute Gasteiger partial charge is 0.252 e. The lowest BCUT2D eigenvalue weighted by atomic mass is 10.1. The highest BCUT2D eigenvalue weighted by Crippen LogP contribution is 2.26. The van der Waals surface area contributed by atoms with Crippen molar-refractivity contribution >= 4 is 22.6 Å². The topological polar surface area (TPSA) is 57.7 Å². The van der Waals surface area contributed by atoms with Crippen molar-refractivity contribution in [2.45, 2.75) is 25.3 Å². The largest absolute Gasteiger partial charge is 0.381 e. The van der Waals surface area contributed by atoms with Crippen LogP contribution in [-0.4, -0.2) is 67.8 Å². The first-order valence-corrected chi connectivity index (χ1v) is 10.5. The number of anilines is 1. The van der Waals surface area contributed by atoms with E-state index in [1.54, 1.807) is 0 Å². The predicted molar refractivity (Wildman–Crippen MR) is 110 cm³/mol. The van der Waals surface area contributed by atoms with Gasteiger partial charge in [-0.15, -0.1) is 0 Å². The number of aromatic nitrogens is 1. The van der Waals surface area contributed by atoms with Crippen molar-refractivity contribution in [3.63, 3.8) is 0 Å². The third-order valence-electron chi connectivity index (χ3n) is 6.10. The summed E-state index contributed by atoms with van der Waals surface area (Å²) in [5.41, 5.74) is 1.64. The second-order valence-electron chi connectivity index (χ2n) is 8.31. The molecule has 1 aromatic heterocycles. The van der Waals surface area contributed by atoms with E-state index in [4.69, 9.17) is 9.72 Å². The van der Waals surface area contributed by atoms with Gasteiger partial charge in [0.1, 0.15) is 5.82 Å². The maximum absolute atomic E-state index is 12.8. The van der Waals surface area contributed by atoms with Crippen LogP contribution in [0.1, 0.15) is 29.6 Å². The molecule has 1 aromatic carbocycles. The van der Waals surface area contributed by atoms with Crippen LogP contribution in [0.2, 0.25) is 0 Å². The van der Waals surface area contributed by atoms with Crippen LogP contribution in [0, 0.1) is 5.92 Å². The van der Waals surface area contributed by atoms with E-state index in [2.05, 4.69) is 15.1 Å². The van der Waals surface area contributed by atoms with Gasteiger partial charge in [0.15, 0.2) is 0 Å². The molecule has 3 heterocycles. The van der Waals surface area contributed by atoms with E-state index in [1.165, 1.54) is 6.42 Å². The molecule has 0 radical (unpaired) electrons. The Balaban J connectivity index is 1.33. The Kier molecular flexibility index (Phi) is 4.91. The van der Waals surface area contributed by atoms with Gasteiger partial charge in [0, 0.05) is 50.8 Å². The summed E-state index contributed by atoms with van der Waals surface area (Å²) in [5, 5.41) is 4.07. The molecule has 2 saturated heterocycles. The molecule has 2 aliphatic heterocycles. The number of carbonyl (C=O) groups is 1. The van der Waals surface area contributed by atoms with E-state index in [0.29, 0.717) is 12.0 Å². The molecule has 3 aliphatic rings. The predicted octanol–water partition coefficient (Wildman–Crippen LogP) is 2.29. The zero-order valence-corrected chi connectivity index (χ0v) is 16.3. The lowest BCUT2D eigenvalue weighted by molar-refractivity contribution is 0.0952. The molecule has 3 fully saturated rings. The molecule has 1 atom stereocenters. The second-order valence-corrected chi connectivity index (χ2v) is 8.31. The van der Waals surface area contributed by atoms with Crippen LogP contribution in [0.25, 0.3) is 10.9 Å². The molecule has 6 heteroatoms. The standard InChI is InChI=1S/C22H28N4O2/c27-22(23-17-5-6-17)19-13-21(24-20-4-2-1-3-18(19)20)26-10-8-25(9-11-26)14-16-7-12-28-15-16/h1-4,13,16-17H,5-12,14-15H2,(H,23,27). The van der Waals surface area contributed by atoms with Crippen molar-refractivity contribution in [2.24, 2.45) is 5.92 Å². The number of fused-ring (bicyclic) bond motifs is 1. The Bertz CT molecular complexity index is 853. The summed E-state index contributed by atoms with van der Waals surface area (Å²) in [6.45, 7) is 6.92. The van der Waals surface area contributed by atoms with Crippen LogP contribution in [0.15, 0.2) is 30.3 Å². The first-order chi connectivity index (χ1) is 13.8.